The zero-order valence-electron chi connectivity index (χ0n) is 8.33. The second-order valence-electron chi connectivity index (χ2n) is 3.03. The molecule has 1 aromatic rings. The van der Waals surface area contributed by atoms with E-state index in [4.69, 9.17) is 0 Å². The van der Waals surface area contributed by atoms with Gasteiger partial charge in [-0.3, -0.25) is 0 Å². The molecule has 1 aromatic heterocycles. The molecule has 0 aliphatic carbocycles. The van der Waals surface area contributed by atoms with E-state index in [2.05, 4.69) is 22.1 Å². The summed E-state index contributed by atoms with van der Waals surface area (Å²) >= 11 is 0. The van der Waals surface area contributed by atoms with Crippen LogP contribution in [0, 0.1) is 13.8 Å². The number of hydrogen-bond donors (Lipinski definition) is 1. The van der Waals surface area contributed by atoms with Crippen molar-refractivity contribution in [2.24, 2.45) is 0 Å². The Hall–Kier alpha value is -1.22. The van der Waals surface area contributed by atoms with E-state index in [1.165, 1.54) is 0 Å². The van der Waals surface area contributed by atoms with Crippen LogP contribution >= 0.6 is 0 Å². The summed E-state index contributed by atoms with van der Waals surface area (Å²) in [5.41, 5.74) is 3.03. The Morgan fingerprint density at radius 1 is 1.46 bits per heavy atom. The Kier molecular flexibility index (Phi) is 3.14. The molecule has 0 radical (unpaired) electrons. The molecule has 1 rings (SSSR count). The fourth-order valence-corrected chi connectivity index (χ4v) is 1.29. The summed E-state index contributed by atoms with van der Waals surface area (Å²) in [6.45, 7) is 7.66. The SMILES string of the molecule is C=CC(NC)c1cc(C)nnc1C. The Balaban J connectivity index is 3.10. The number of aromatic nitrogens is 2. The fraction of sp³-hybridized carbons (Fsp3) is 0.400. The molecule has 0 aromatic carbocycles. The highest BCUT2D eigenvalue weighted by Gasteiger charge is 2.09. The van der Waals surface area contributed by atoms with Crippen LogP contribution in [0.1, 0.15) is 23.0 Å². The summed E-state index contributed by atoms with van der Waals surface area (Å²) in [4.78, 5) is 0. The second kappa shape index (κ2) is 4.14. The van der Waals surface area contributed by atoms with E-state index in [1.54, 1.807) is 0 Å². The molecule has 1 unspecified atom stereocenters. The summed E-state index contributed by atoms with van der Waals surface area (Å²) in [7, 11) is 1.90. The van der Waals surface area contributed by atoms with Crippen LogP contribution in [0.5, 0.6) is 0 Å². The third-order valence-corrected chi connectivity index (χ3v) is 2.02. The lowest BCUT2D eigenvalue weighted by molar-refractivity contribution is 0.697. The highest BCUT2D eigenvalue weighted by Crippen LogP contribution is 2.16. The van der Waals surface area contributed by atoms with Crippen molar-refractivity contribution in [1.29, 1.82) is 0 Å². The van der Waals surface area contributed by atoms with Gasteiger partial charge in [-0.1, -0.05) is 6.08 Å². The standard InChI is InChI=1S/C10H15N3/c1-5-10(11-4)9-6-7(2)12-13-8(9)3/h5-6,10-11H,1H2,2-4H3. The molecule has 0 aliphatic heterocycles. The maximum Gasteiger partial charge on any atom is 0.0651 e. The van der Waals surface area contributed by atoms with Gasteiger partial charge in [-0.05, 0) is 32.5 Å². The lowest BCUT2D eigenvalue weighted by Gasteiger charge is -2.13. The van der Waals surface area contributed by atoms with Gasteiger partial charge in [-0.2, -0.15) is 10.2 Å². The van der Waals surface area contributed by atoms with Crippen LogP contribution in [0.4, 0.5) is 0 Å². The zero-order chi connectivity index (χ0) is 9.84. The minimum Gasteiger partial charge on any atom is -0.310 e. The quantitative estimate of drug-likeness (QED) is 0.712. The van der Waals surface area contributed by atoms with Gasteiger partial charge in [0.1, 0.15) is 0 Å². The highest BCUT2D eigenvalue weighted by molar-refractivity contribution is 5.26. The van der Waals surface area contributed by atoms with Gasteiger partial charge in [0, 0.05) is 0 Å². The molecular weight excluding hydrogens is 162 g/mol. The average Bonchev–Trinajstić information content (AvgIpc) is 2.13. The number of likely N-dealkylation sites (N-methyl/N-ethyl adjacent to an activating group) is 1. The van der Waals surface area contributed by atoms with Gasteiger partial charge in [0.25, 0.3) is 0 Å². The van der Waals surface area contributed by atoms with Crippen LogP contribution < -0.4 is 5.32 Å². The lowest BCUT2D eigenvalue weighted by atomic mass is 10.1. The van der Waals surface area contributed by atoms with Crippen molar-refractivity contribution in [2.75, 3.05) is 7.05 Å². The van der Waals surface area contributed by atoms with Crippen molar-refractivity contribution >= 4 is 0 Å². The smallest absolute Gasteiger partial charge is 0.0651 e. The fourth-order valence-electron chi connectivity index (χ4n) is 1.29. The monoisotopic (exact) mass is 177 g/mol. The van der Waals surface area contributed by atoms with Gasteiger partial charge in [-0.25, -0.2) is 0 Å². The second-order valence-corrected chi connectivity index (χ2v) is 3.03. The van der Waals surface area contributed by atoms with Crippen molar-refractivity contribution in [2.45, 2.75) is 19.9 Å². The lowest BCUT2D eigenvalue weighted by Crippen LogP contribution is -2.16. The molecule has 0 saturated carbocycles. The van der Waals surface area contributed by atoms with Crippen LogP contribution in [0.2, 0.25) is 0 Å². The topological polar surface area (TPSA) is 37.8 Å². The van der Waals surface area contributed by atoms with Crippen molar-refractivity contribution < 1.29 is 0 Å². The largest absolute Gasteiger partial charge is 0.310 e. The molecule has 0 saturated heterocycles. The summed E-state index contributed by atoms with van der Waals surface area (Å²) in [5, 5.41) is 11.2. The summed E-state index contributed by atoms with van der Waals surface area (Å²) < 4.78 is 0. The zero-order valence-corrected chi connectivity index (χ0v) is 8.33. The van der Waals surface area contributed by atoms with Crippen LogP contribution in [0.3, 0.4) is 0 Å². The molecular formula is C10H15N3. The Labute approximate surface area is 78.9 Å². The maximum absolute atomic E-state index is 4.06. The van der Waals surface area contributed by atoms with Crippen LogP contribution in [-0.2, 0) is 0 Å². The number of hydrogen-bond acceptors (Lipinski definition) is 3. The number of rotatable bonds is 3. The van der Waals surface area contributed by atoms with Gasteiger partial charge in [0.05, 0.1) is 17.4 Å². The third-order valence-electron chi connectivity index (χ3n) is 2.02. The first-order valence-corrected chi connectivity index (χ1v) is 4.29. The van der Waals surface area contributed by atoms with E-state index in [-0.39, 0.29) is 6.04 Å². The number of aryl methyl sites for hydroxylation is 2. The van der Waals surface area contributed by atoms with E-state index in [0.717, 1.165) is 17.0 Å². The Bertz CT molecular complexity index is 307. The summed E-state index contributed by atoms with van der Waals surface area (Å²) in [5.74, 6) is 0. The summed E-state index contributed by atoms with van der Waals surface area (Å²) in [6, 6.07) is 2.19. The van der Waals surface area contributed by atoms with Gasteiger partial charge in [0.15, 0.2) is 0 Å². The van der Waals surface area contributed by atoms with Crippen molar-refractivity contribution in [3.8, 4) is 0 Å². The van der Waals surface area contributed by atoms with Gasteiger partial charge in [-0.15, -0.1) is 6.58 Å². The van der Waals surface area contributed by atoms with Gasteiger partial charge >= 0.3 is 0 Å². The normalized spacial score (nSPS) is 12.5. The minimum absolute atomic E-state index is 0.161. The van der Waals surface area contributed by atoms with Gasteiger partial charge < -0.3 is 5.32 Å². The molecule has 13 heavy (non-hydrogen) atoms. The van der Waals surface area contributed by atoms with Gasteiger partial charge in [0.2, 0.25) is 0 Å². The van der Waals surface area contributed by atoms with E-state index < -0.39 is 0 Å². The molecule has 0 amide bonds. The first kappa shape index (κ1) is 9.86. The highest BCUT2D eigenvalue weighted by atomic mass is 15.1. The Morgan fingerprint density at radius 2 is 2.15 bits per heavy atom. The molecule has 3 heteroatoms. The molecule has 1 heterocycles. The van der Waals surface area contributed by atoms with Crippen LogP contribution in [-0.4, -0.2) is 17.2 Å². The van der Waals surface area contributed by atoms with Crippen molar-refractivity contribution in [3.05, 3.63) is 35.7 Å². The molecule has 0 bridgehead atoms. The third kappa shape index (κ3) is 2.12. The first-order chi connectivity index (χ1) is 6.19. The van der Waals surface area contributed by atoms with E-state index in [9.17, 15) is 0 Å². The van der Waals surface area contributed by atoms with Crippen molar-refractivity contribution in [3.63, 3.8) is 0 Å². The molecule has 3 nitrogen and oxygen atoms in total. The number of nitrogens with zero attached hydrogens (tertiary/aromatic N) is 2. The predicted molar refractivity (Wildman–Crippen MR) is 53.5 cm³/mol. The molecule has 0 aliphatic rings. The maximum atomic E-state index is 4.06. The molecule has 0 spiro atoms. The molecule has 70 valence electrons. The molecule has 0 fully saturated rings. The predicted octanol–water partition coefficient (Wildman–Crippen LogP) is 1.54. The van der Waals surface area contributed by atoms with Crippen LogP contribution in [0.25, 0.3) is 0 Å². The Morgan fingerprint density at radius 3 is 2.69 bits per heavy atom. The van der Waals surface area contributed by atoms with Crippen molar-refractivity contribution in [1.82, 2.24) is 15.5 Å². The van der Waals surface area contributed by atoms with E-state index in [0.29, 0.717) is 0 Å². The first-order valence-electron chi connectivity index (χ1n) is 4.29. The summed E-state index contributed by atoms with van der Waals surface area (Å²) in [6.07, 6.45) is 1.86. The number of nitrogens with one attached hydrogen (secondary N) is 1. The van der Waals surface area contributed by atoms with Crippen LogP contribution in [0.15, 0.2) is 18.7 Å². The molecule has 1 N–H and O–H groups in total. The van der Waals surface area contributed by atoms with E-state index in [1.807, 2.05) is 33.0 Å². The van der Waals surface area contributed by atoms with E-state index >= 15 is 0 Å². The average molecular weight is 177 g/mol. The molecule has 1 atom stereocenters. The minimum atomic E-state index is 0.161.